The van der Waals surface area contributed by atoms with Crippen molar-refractivity contribution in [1.29, 1.82) is 0 Å². The van der Waals surface area contributed by atoms with Gasteiger partial charge in [0.25, 0.3) is 0 Å². The number of esters is 2. The minimum absolute atomic E-state index is 0.237. The fourth-order valence-electron chi connectivity index (χ4n) is 5.84. The molecule has 3 aromatic rings. The summed E-state index contributed by atoms with van der Waals surface area (Å²) in [7, 11) is 0. The maximum absolute atomic E-state index is 13.4. The quantitative estimate of drug-likeness (QED) is 0.0659. The highest BCUT2D eigenvalue weighted by Gasteiger charge is 2.29. The Bertz CT molecular complexity index is 1380. The van der Waals surface area contributed by atoms with Crippen LogP contribution in [0.3, 0.4) is 0 Å². The summed E-state index contributed by atoms with van der Waals surface area (Å²) >= 11 is 0. The zero-order chi connectivity index (χ0) is 33.5. The lowest BCUT2D eigenvalue weighted by molar-refractivity contribution is -0.157. The Morgan fingerprint density at radius 2 is 1.00 bits per heavy atom. The van der Waals surface area contributed by atoms with Crippen molar-refractivity contribution >= 4 is 33.5 Å². The molecule has 0 aromatic heterocycles. The second kappa shape index (κ2) is 19.4. The highest BCUT2D eigenvalue weighted by atomic mass is 16.6. The van der Waals surface area contributed by atoms with Gasteiger partial charge in [-0.2, -0.15) is 0 Å². The molecule has 0 N–H and O–H groups in total. The van der Waals surface area contributed by atoms with Gasteiger partial charge in [-0.3, -0.25) is 0 Å². The van der Waals surface area contributed by atoms with Crippen LogP contribution in [0.2, 0.25) is 0 Å². The smallest absolute Gasteiger partial charge is 0.347 e. The van der Waals surface area contributed by atoms with E-state index in [2.05, 4.69) is 39.0 Å². The molecule has 2 unspecified atom stereocenters. The Labute approximate surface area is 277 Å². The SMILES string of the molecule is CCCCCCCC(Oc1c2ccccc2c(OC(CCCCCCC)C(=O)OC(C)C)c2cc(CC)ccc12)C(=O)OC(C)C. The lowest BCUT2D eigenvalue weighted by Gasteiger charge is -2.25. The van der Waals surface area contributed by atoms with E-state index in [1.54, 1.807) is 0 Å². The number of benzene rings is 3. The molecule has 2 atom stereocenters. The third-order valence-corrected chi connectivity index (χ3v) is 8.29. The summed E-state index contributed by atoms with van der Waals surface area (Å²) in [5, 5.41) is 3.38. The van der Waals surface area contributed by atoms with E-state index in [4.69, 9.17) is 18.9 Å². The zero-order valence-corrected chi connectivity index (χ0v) is 29.5. The molecule has 0 saturated heterocycles. The van der Waals surface area contributed by atoms with Crippen molar-refractivity contribution in [2.75, 3.05) is 0 Å². The summed E-state index contributed by atoms with van der Waals surface area (Å²) in [6.07, 6.45) is 10.9. The Morgan fingerprint density at radius 3 is 1.43 bits per heavy atom. The van der Waals surface area contributed by atoms with Crippen molar-refractivity contribution in [3.05, 3.63) is 48.0 Å². The molecule has 0 amide bonds. The van der Waals surface area contributed by atoms with E-state index < -0.39 is 12.2 Å². The molecule has 254 valence electrons. The fraction of sp³-hybridized carbons (Fsp3) is 0.600. The van der Waals surface area contributed by atoms with Crippen LogP contribution in [0.1, 0.15) is 131 Å². The first-order valence-electron chi connectivity index (χ1n) is 17.9. The normalized spacial score (nSPS) is 12.9. The van der Waals surface area contributed by atoms with Crippen LogP contribution in [0.4, 0.5) is 0 Å². The van der Waals surface area contributed by atoms with Gasteiger partial charge in [0.05, 0.1) is 12.2 Å². The molecule has 0 bridgehead atoms. The Morgan fingerprint density at radius 1 is 0.565 bits per heavy atom. The number of carbonyl (C=O) groups is 2. The summed E-state index contributed by atoms with van der Waals surface area (Å²) in [6.45, 7) is 14.0. The van der Waals surface area contributed by atoms with E-state index in [9.17, 15) is 9.59 Å². The maximum atomic E-state index is 13.4. The van der Waals surface area contributed by atoms with Gasteiger partial charge in [-0.25, -0.2) is 9.59 Å². The molecule has 0 fully saturated rings. The summed E-state index contributed by atoms with van der Waals surface area (Å²) in [6, 6.07) is 14.2. The van der Waals surface area contributed by atoms with Gasteiger partial charge in [0.2, 0.25) is 0 Å². The lowest BCUT2D eigenvalue weighted by atomic mass is 9.97. The molecule has 6 nitrogen and oxygen atoms in total. The summed E-state index contributed by atoms with van der Waals surface area (Å²) in [5.74, 6) is 0.608. The number of hydrogen-bond donors (Lipinski definition) is 0. The van der Waals surface area contributed by atoms with E-state index in [-0.39, 0.29) is 24.1 Å². The van der Waals surface area contributed by atoms with E-state index in [1.165, 1.54) is 12.8 Å². The zero-order valence-electron chi connectivity index (χ0n) is 29.5. The topological polar surface area (TPSA) is 71.1 Å². The number of ether oxygens (including phenoxy) is 4. The van der Waals surface area contributed by atoms with Gasteiger partial charge in [-0.1, -0.05) is 109 Å². The van der Waals surface area contributed by atoms with E-state index >= 15 is 0 Å². The first-order chi connectivity index (χ1) is 22.2. The molecule has 3 aromatic carbocycles. The Kier molecular flexibility index (Phi) is 15.7. The first-order valence-corrected chi connectivity index (χ1v) is 17.9. The van der Waals surface area contributed by atoms with Crippen molar-refractivity contribution in [2.45, 2.75) is 156 Å². The number of aryl methyl sites for hydroxylation is 1. The van der Waals surface area contributed by atoms with Gasteiger partial charge in [-0.15, -0.1) is 0 Å². The van der Waals surface area contributed by atoms with Crippen LogP contribution >= 0.6 is 0 Å². The summed E-state index contributed by atoms with van der Waals surface area (Å²) < 4.78 is 24.8. The molecule has 3 rings (SSSR count). The van der Waals surface area contributed by atoms with E-state index in [0.717, 1.165) is 84.9 Å². The molecule has 0 heterocycles. The summed E-state index contributed by atoms with van der Waals surface area (Å²) in [4.78, 5) is 26.8. The molecule has 0 radical (unpaired) electrons. The third-order valence-electron chi connectivity index (χ3n) is 8.29. The predicted octanol–water partition coefficient (Wildman–Crippen LogP) is 10.7. The second-order valence-electron chi connectivity index (χ2n) is 13.0. The van der Waals surface area contributed by atoms with Crippen LogP contribution in [-0.2, 0) is 25.5 Å². The average molecular weight is 635 g/mol. The van der Waals surface area contributed by atoms with Crippen LogP contribution < -0.4 is 9.47 Å². The van der Waals surface area contributed by atoms with Crippen LogP contribution in [0.5, 0.6) is 11.5 Å². The second-order valence-corrected chi connectivity index (χ2v) is 13.0. The van der Waals surface area contributed by atoms with Crippen LogP contribution in [0, 0.1) is 0 Å². The number of unbranched alkanes of at least 4 members (excludes halogenated alkanes) is 8. The van der Waals surface area contributed by atoms with Gasteiger partial charge in [0.15, 0.2) is 12.2 Å². The third kappa shape index (κ3) is 10.9. The Balaban J connectivity index is 2.11. The highest BCUT2D eigenvalue weighted by molar-refractivity contribution is 6.11. The number of hydrogen-bond acceptors (Lipinski definition) is 6. The van der Waals surface area contributed by atoms with Gasteiger partial charge in [0.1, 0.15) is 11.5 Å². The molecule has 6 heteroatoms. The van der Waals surface area contributed by atoms with Gasteiger partial charge >= 0.3 is 11.9 Å². The number of carbonyl (C=O) groups excluding carboxylic acids is 2. The standard InChI is InChI=1S/C40H58O6/c1-8-11-13-15-17-23-35(39(41)43-28(4)5)45-37-31-21-19-20-22-32(31)38(34-27-30(10-3)25-26-33(34)37)46-36(40(42)44-29(6)7)24-18-16-14-12-9-2/h19-22,25-29,35-36H,8-18,23-24H2,1-7H3. The van der Waals surface area contributed by atoms with Crippen molar-refractivity contribution < 1.29 is 28.5 Å². The van der Waals surface area contributed by atoms with E-state index in [1.807, 2.05) is 52.0 Å². The first kappa shape index (κ1) is 37.2. The van der Waals surface area contributed by atoms with Crippen LogP contribution in [0.15, 0.2) is 42.5 Å². The molecule has 0 saturated carbocycles. The molecule has 0 aliphatic carbocycles. The lowest BCUT2D eigenvalue weighted by Crippen LogP contribution is -2.32. The van der Waals surface area contributed by atoms with Gasteiger partial charge in [0, 0.05) is 21.5 Å². The Hall–Kier alpha value is -3.28. The molecule has 0 aliphatic heterocycles. The highest BCUT2D eigenvalue weighted by Crippen LogP contribution is 2.44. The maximum Gasteiger partial charge on any atom is 0.347 e. The molecule has 0 aliphatic rings. The molecule has 46 heavy (non-hydrogen) atoms. The molecule has 0 spiro atoms. The minimum Gasteiger partial charge on any atom is -0.477 e. The minimum atomic E-state index is -0.732. The van der Waals surface area contributed by atoms with Crippen LogP contribution in [0.25, 0.3) is 21.5 Å². The van der Waals surface area contributed by atoms with Crippen molar-refractivity contribution in [3.63, 3.8) is 0 Å². The van der Waals surface area contributed by atoms with Crippen molar-refractivity contribution in [3.8, 4) is 11.5 Å². The molecular weight excluding hydrogens is 576 g/mol. The fourth-order valence-corrected chi connectivity index (χ4v) is 5.84. The van der Waals surface area contributed by atoms with E-state index in [0.29, 0.717) is 24.3 Å². The largest absolute Gasteiger partial charge is 0.477 e. The molecular formula is C40H58O6. The van der Waals surface area contributed by atoms with Crippen molar-refractivity contribution in [1.82, 2.24) is 0 Å². The van der Waals surface area contributed by atoms with Gasteiger partial charge in [-0.05, 0) is 71.4 Å². The predicted molar refractivity (Wildman–Crippen MR) is 189 cm³/mol. The number of rotatable bonds is 21. The van der Waals surface area contributed by atoms with Crippen LogP contribution in [-0.4, -0.2) is 36.4 Å². The van der Waals surface area contributed by atoms with Gasteiger partial charge < -0.3 is 18.9 Å². The monoisotopic (exact) mass is 634 g/mol. The summed E-state index contributed by atoms with van der Waals surface area (Å²) in [5.41, 5.74) is 1.14. The van der Waals surface area contributed by atoms with Crippen molar-refractivity contribution in [2.24, 2.45) is 0 Å². The number of fused-ring (bicyclic) bond motifs is 2. The average Bonchev–Trinajstić information content (AvgIpc) is 3.03.